The number of sulfonamides is 1. The summed E-state index contributed by atoms with van der Waals surface area (Å²) in [5, 5.41) is 2.93. The Bertz CT molecular complexity index is 910. The van der Waals surface area contributed by atoms with Crippen molar-refractivity contribution in [2.24, 2.45) is 0 Å². The zero-order valence-electron chi connectivity index (χ0n) is 16.4. The van der Waals surface area contributed by atoms with Crippen LogP contribution in [0.15, 0.2) is 59.5 Å². The van der Waals surface area contributed by atoms with Crippen LogP contribution in [0.1, 0.15) is 19.8 Å². The highest BCUT2D eigenvalue weighted by Gasteiger charge is 2.29. The first-order chi connectivity index (χ1) is 14.0. The van der Waals surface area contributed by atoms with Crippen LogP contribution in [0.25, 0.3) is 0 Å². The van der Waals surface area contributed by atoms with Gasteiger partial charge in [-0.15, -0.1) is 0 Å². The van der Waals surface area contributed by atoms with Gasteiger partial charge >= 0.3 is 0 Å². The molecule has 1 aliphatic rings. The van der Waals surface area contributed by atoms with Crippen molar-refractivity contribution in [3.63, 3.8) is 0 Å². The summed E-state index contributed by atoms with van der Waals surface area (Å²) in [5.41, 5.74) is 0. The van der Waals surface area contributed by atoms with Crippen molar-refractivity contribution in [1.29, 1.82) is 0 Å². The van der Waals surface area contributed by atoms with E-state index in [1.807, 2.05) is 19.1 Å². The van der Waals surface area contributed by atoms with Gasteiger partial charge in [-0.1, -0.05) is 30.3 Å². The maximum Gasteiger partial charge on any atom is 0.258 e. The number of nitrogens with one attached hydrogen (secondary N) is 1. The third kappa shape index (κ3) is 5.48. The molecule has 7 nitrogen and oxygen atoms in total. The minimum atomic E-state index is -3.49. The fraction of sp³-hybridized carbons (Fsp3) is 0.381. The van der Waals surface area contributed by atoms with E-state index in [-0.39, 0.29) is 18.6 Å². The molecule has 2 aromatic rings. The highest BCUT2D eigenvalue weighted by Crippen LogP contribution is 2.26. The van der Waals surface area contributed by atoms with Crippen molar-refractivity contribution in [1.82, 2.24) is 9.62 Å². The summed E-state index contributed by atoms with van der Waals surface area (Å²) in [6, 6.07) is 15.5. The highest BCUT2D eigenvalue weighted by molar-refractivity contribution is 7.89. The van der Waals surface area contributed by atoms with Crippen molar-refractivity contribution < 1.29 is 22.7 Å². The third-order valence-corrected chi connectivity index (χ3v) is 6.62. The van der Waals surface area contributed by atoms with E-state index in [1.54, 1.807) is 42.5 Å². The Morgan fingerprint density at radius 1 is 1.00 bits per heavy atom. The van der Waals surface area contributed by atoms with E-state index in [0.29, 0.717) is 48.9 Å². The van der Waals surface area contributed by atoms with Crippen LogP contribution in [0, 0.1) is 0 Å². The summed E-state index contributed by atoms with van der Waals surface area (Å²) in [6.45, 7) is 3.02. The predicted molar refractivity (Wildman–Crippen MR) is 109 cm³/mol. The zero-order valence-corrected chi connectivity index (χ0v) is 17.2. The van der Waals surface area contributed by atoms with Crippen LogP contribution in [-0.4, -0.2) is 51.0 Å². The van der Waals surface area contributed by atoms with Gasteiger partial charge in [-0.25, -0.2) is 8.42 Å². The summed E-state index contributed by atoms with van der Waals surface area (Å²) in [5.74, 6) is 0.885. The van der Waals surface area contributed by atoms with Gasteiger partial charge in [0, 0.05) is 19.1 Å². The topological polar surface area (TPSA) is 84.9 Å². The molecule has 2 aromatic carbocycles. The van der Waals surface area contributed by atoms with E-state index >= 15 is 0 Å². The van der Waals surface area contributed by atoms with Gasteiger partial charge in [-0.05, 0) is 44.0 Å². The largest absolute Gasteiger partial charge is 0.490 e. The molecular formula is C21H26N2O5S. The molecule has 3 rings (SSSR count). The lowest BCUT2D eigenvalue weighted by molar-refractivity contribution is -0.124. The number of carbonyl (C=O) groups excluding carboxylic acids is 1. The van der Waals surface area contributed by atoms with Crippen LogP contribution in [-0.2, 0) is 14.8 Å². The van der Waals surface area contributed by atoms with Gasteiger partial charge in [-0.3, -0.25) is 4.79 Å². The Balaban J connectivity index is 1.48. The number of amides is 1. The van der Waals surface area contributed by atoms with Crippen LogP contribution in [0.3, 0.4) is 0 Å². The highest BCUT2D eigenvalue weighted by atomic mass is 32.2. The molecule has 1 heterocycles. The fourth-order valence-electron chi connectivity index (χ4n) is 3.24. The molecule has 0 radical (unpaired) electrons. The molecule has 1 amide bonds. The Hall–Kier alpha value is -2.58. The van der Waals surface area contributed by atoms with Crippen LogP contribution < -0.4 is 14.8 Å². The number of nitrogens with zero attached hydrogens (tertiary/aromatic N) is 1. The molecule has 0 atom stereocenters. The summed E-state index contributed by atoms with van der Waals surface area (Å²) in [6.07, 6.45) is 1.13. The number of hydrogen-bond donors (Lipinski definition) is 1. The van der Waals surface area contributed by atoms with Crippen molar-refractivity contribution in [3.05, 3.63) is 54.6 Å². The quantitative estimate of drug-likeness (QED) is 0.712. The molecule has 1 aliphatic heterocycles. The molecule has 156 valence electrons. The van der Waals surface area contributed by atoms with Gasteiger partial charge in [0.25, 0.3) is 5.91 Å². The molecule has 1 N–H and O–H groups in total. The monoisotopic (exact) mass is 418 g/mol. The summed E-state index contributed by atoms with van der Waals surface area (Å²) in [4.78, 5) is 12.5. The maximum atomic E-state index is 12.7. The van der Waals surface area contributed by atoms with Gasteiger partial charge in [0.15, 0.2) is 18.1 Å². The second kappa shape index (κ2) is 9.76. The van der Waals surface area contributed by atoms with Gasteiger partial charge in [0.1, 0.15) is 0 Å². The van der Waals surface area contributed by atoms with E-state index in [0.717, 1.165) is 0 Å². The smallest absolute Gasteiger partial charge is 0.258 e. The molecule has 1 saturated heterocycles. The second-order valence-corrected chi connectivity index (χ2v) is 8.67. The van der Waals surface area contributed by atoms with Crippen LogP contribution in [0.4, 0.5) is 0 Å². The molecule has 8 heteroatoms. The Kier molecular flexibility index (Phi) is 7.11. The molecule has 29 heavy (non-hydrogen) atoms. The Labute approximate surface area is 171 Å². The van der Waals surface area contributed by atoms with Gasteiger partial charge in [0.2, 0.25) is 10.0 Å². The number of hydrogen-bond acceptors (Lipinski definition) is 5. The number of benzene rings is 2. The van der Waals surface area contributed by atoms with Gasteiger partial charge in [-0.2, -0.15) is 4.31 Å². The van der Waals surface area contributed by atoms with Gasteiger partial charge in [0.05, 0.1) is 11.5 Å². The number of ether oxygens (including phenoxy) is 2. The molecular weight excluding hydrogens is 392 g/mol. The van der Waals surface area contributed by atoms with Crippen molar-refractivity contribution in [2.75, 3.05) is 26.3 Å². The third-order valence-electron chi connectivity index (χ3n) is 4.71. The minimum absolute atomic E-state index is 0.0736. The number of rotatable bonds is 8. The standard InChI is InChI=1S/C21H26N2O5S/c1-2-27-19-10-6-7-11-20(19)28-16-21(24)22-17-12-14-23(15-13-17)29(25,26)18-8-4-3-5-9-18/h3-11,17H,2,12-16H2,1H3,(H,22,24). The van der Waals surface area contributed by atoms with Crippen molar-refractivity contribution in [2.45, 2.75) is 30.7 Å². The van der Waals surface area contributed by atoms with Crippen LogP contribution in [0.5, 0.6) is 11.5 Å². The Morgan fingerprint density at radius 3 is 2.21 bits per heavy atom. The lowest BCUT2D eigenvalue weighted by Gasteiger charge is -2.31. The molecule has 0 saturated carbocycles. The predicted octanol–water partition coefficient (Wildman–Crippen LogP) is 2.43. The molecule has 0 aromatic heterocycles. The lowest BCUT2D eigenvalue weighted by Crippen LogP contribution is -2.47. The SMILES string of the molecule is CCOc1ccccc1OCC(=O)NC1CCN(S(=O)(=O)c2ccccc2)CC1. The van der Waals surface area contributed by atoms with E-state index < -0.39 is 10.0 Å². The number of carbonyl (C=O) groups is 1. The second-order valence-electron chi connectivity index (χ2n) is 6.73. The van der Waals surface area contributed by atoms with Crippen LogP contribution >= 0.6 is 0 Å². The number of para-hydroxylation sites is 2. The fourth-order valence-corrected chi connectivity index (χ4v) is 4.73. The maximum absolute atomic E-state index is 12.7. The molecule has 0 spiro atoms. The molecule has 0 bridgehead atoms. The lowest BCUT2D eigenvalue weighted by atomic mass is 10.1. The normalized spacial score (nSPS) is 15.6. The summed E-state index contributed by atoms with van der Waals surface area (Å²) >= 11 is 0. The van der Waals surface area contributed by atoms with E-state index in [9.17, 15) is 13.2 Å². The molecule has 0 unspecified atom stereocenters. The van der Waals surface area contributed by atoms with Crippen molar-refractivity contribution in [3.8, 4) is 11.5 Å². The average molecular weight is 419 g/mol. The van der Waals surface area contributed by atoms with E-state index in [2.05, 4.69) is 5.32 Å². The van der Waals surface area contributed by atoms with Crippen LogP contribution in [0.2, 0.25) is 0 Å². The summed E-state index contributed by atoms with van der Waals surface area (Å²) < 4.78 is 37.9. The van der Waals surface area contributed by atoms with E-state index in [1.165, 1.54) is 4.31 Å². The number of piperidine rings is 1. The minimum Gasteiger partial charge on any atom is -0.490 e. The summed E-state index contributed by atoms with van der Waals surface area (Å²) in [7, 11) is -3.49. The zero-order chi connectivity index (χ0) is 20.7. The van der Waals surface area contributed by atoms with E-state index in [4.69, 9.17) is 9.47 Å². The first-order valence-corrected chi connectivity index (χ1v) is 11.1. The average Bonchev–Trinajstić information content (AvgIpc) is 2.74. The Morgan fingerprint density at radius 2 is 1.59 bits per heavy atom. The molecule has 0 aliphatic carbocycles. The van der Waals surface area contributed by atoms with Gasteiger partial charge < -0.3 is 14.8 Å². The van der Waals surface area contributed by atoms with Crippen molar-refractivity contribution >= 4 is 15.9 Å². The molecule has 1 fully saturated rings. The first-order valence-electron chi connectivity index (χ1n) is 9.70. The first kappa shape index (κ1) is 21.1.